The van der Waals surface area contributed by atoms with Gasteiger partial charge in [-0.3, -0.25) is 10.1 Å². The number of hydrogen-bond donors (Lipinski definition) is 4. The van der Waals surface area contributed by atoms with Crippen LogP contribution in [0.4, 0.5) is 10.5 Å². The summed E-state index contributed by atoms with van der Waals surface area (Å²) in [5.41, 5.74) is 8.42. The second kappa shape index (κ2) is 13.1. The number of unbranched alkanes of at least 4 members (excludes halogenated alkanes) is 1. The number of benzene rings is 2. The summed E-state index contributed by atoms with van der Waals surface area (Å²) < 4.78 is 6.40. The first-order valence-corrected chi connectivity index (χ1v) is 13.0. The monoisotopic (exact) mass is 535 g/mol. The van der Waals surface area contributed by atoms with Crippen molar-refractivity contribution in [3.8, 4) is 5.75 Å². The van der Waals surface area contributed by atoms with E-state index in [0.717, 1.165) is 31.4 Å². The molecule has 1 heterocycles. The number of nitrogens with two attached hydrogens (primary N) is 1. The number of carbonyl (C=O) groups excluding carboxylic acids is 2. The molecule has 2 aromatic carbocycles. The molecule has 0 spiro atoms. The molecule has 8 nitrogen and oxygen atoms in total. The molecular weight excluding hydrogens is 501 g/mol. The van der Waals surface area contributed by atoms with E-state index in [1.165, 1.54) is 5.56 Å². The Balaban J connectivity index is 1.78. The fourth-order valence-corrected chi connectivity index (χ4v) is 4.92. The van der Waals surface area contributed by atoms with Crippen LogP contribution in [0.25, 0.3) is 0 Å². The Morgan fingerprint density at radius 3 is 2.69 bits per heavy atom. The fraction of sp³-hybridized carbons (Fsp3) is 0.462. The number of ketones is 1. The van der Waals surface area contributed by atoms with Crippen LogP contribution in [0, 0.1) is 0 Å². The van der Waals surface area contributed by atoms with Crippen LogP contribution >= 0.6 is 23.2 Å². The van der Waals surface area contributed by atoms with Gasteiger partial charge in [-0.1, -0.05) is 35.3 Å². The van der Waals surface area contributed by atoms with E-state index in [2.05, 4.69) is 40.9 Å². The maximum Gasteiger partial charge on any atom is 0.315 e. The van der Waals surface area contributed by atoms with Crippen LogP contribution < -0.4 is 31.3 Å². The minimum Gasteiger partial charge on any atom is -0.469 e. The van der Waals surface area contributed by atoms with Crippen molar-refractivity contribution in [3.63, 3.8) is 0 Å². The number of ether oxygens (including phenoxy) is 1. The molecule has 0 saturated carbocycles. The predicted octanol–water partition coefficient (Wildman–Crippen LogP) is 4.28. The standard InChI is InChI=1S/C26H35Cl2N5O3/c1-16-9-10-17-7-6-8-21(24(17)33(16)3)36-25(30-2)22-19(27)12-11-18(23(22)28)20(34)15-32-26(35)31-14-5-4-13-29/h6-8,11-12,16,25,30H,4-5,9-10,13-15,29H2,1-3H3,(H2,31,32,35). The molecule has 2 atom stereocenters. The first-order valence-electron chi connectivity index (χ1n) is 12.2. The van der Waals surface area contributed by atoms with Crippen molar-refractivity contribution in [3.05, 3.63) is 57.1 Å². The van der Waals surface area contributed by atoms with Crippen molar-refractivity contribution in [1.82, 2.24) is 16.0 Å². The largest absolute Gasteiger partial charge is 0.469 e. The SMILES string of the molecule is CNC(Oc1cccc2c1N(C)C(C)CC2)c1c(Cl)ccc(C(=O)CNC(=O)NCCCCN)c1Cl. The van der Waals surface area contributed by atoms with Crippen LogP contribution in [0.3, 0.4) is 0 Å². The van der Waals surface area contributed by atoms with Crippen molar-refractivity contribution >= 4 is 40.7 Å². The lowest BCUT2D eigenvalue weighted by molar-refractivity contribution is 0.0992. The molecule has 196 valence electrons. The second-order valence-corrected chi connectivity index (χ2v) is 9.69. The zero-order chi connectivity index (χ0) is 26.2. The van der Waals surface area contributed by atoms with E-state index in [4.69, 9.17) is 33.7 Å². The molecule has 3 rings (SSSR count). The molecule has 1 aliphatic rings. The zero-order valence-corrected chi connectivity index (χ0v) is 22.5. The Hall–Kier alpha value is -2.52. The van der Waals surface area contributed by atoms with Crippen molar-refractivity contribution < 1.29 is 14.3 Å². The second-order valence-electron chi connectivity index (χ2n) is 8.90. The van der Waals surface area contributed by atoms with Gasteiger partial charge in [0.05, 0.1) is 22.3 Å². The topological polar surface area (TPSA) is 109 Å². The highest BCUT2D eigenvalue weighted by Crippen LogP contribution is 2.41. The molecule has 2 amide bonds. The number of nitrogens with zero attached hydrogens (tertiary/aromatic N) is 1. The number of aryl methyl sites for hydroxylation is 1. The Morgan fingerprint density at radius 1 is 1.19 bits per heavy atom. The van der Waals surface area contributed by atoms with Crippen LogP contribution in [-0.4, -0.2) is 51.6 Å². The van der Waals surface area contributed by atoms with Gasteiger partial charge in [-0.2, -0.15) is 0 Å². The van der Waals surface area contributed by atoms with Gasteiger partial charge in [0, 0.05) is 30.8 Å². The van der Waals surface area contributed by atoms with E-state index in [9.17, 15) is 9.59 Å². The molecular formula is C26H35Cl2N5O3. The van der Waals surface area contributed by atoms with E-state index in [1.807, 2.05) is 12.1 Å². The van der Waals surface area contributed by atoms with Crippen molar-refractivity contribution in [2.75, 3.05) is 38.6 Å². The van der Waals surface area contributed by atoms with Crippen LogP contribution in [-0.2, 0) is 6.42 Å². The number of urea groups is 1. The van der Waals surface area contributed by atoms with Gasteiger partial charge in [0.1, 0.15) is 5.75 Å². The Morgan fingerprint density at radius 2 is 1.97 bits per heavy atom. The third kappa shape index (κ3) is 6.62. The number of rotatable bonds is 11. The predicted molar refractivity (Wildman–Crippen MR) is 146 cm³/mol. The number of fused-ring (bicyclic) bond motifs is 1. The molecule has 2 aromatic rings. The van der Waals surface area contributed by atoms with Crippen LogP contribution in [0.2, 0.25) is 10.0 Å². The summed E-state index contributed by atoms with van der Waals surface area (Å²) in [6, 6.07) is 9.14. The van der Waals surface area contributed by atoms with Gasteiger partial charge in [0.25, 0.3) is 0 Å². The van der Waals surface area contributed by atoms with E-state index in [0.29, 0.717) is 35.5 Å². The van der Waals surface area contributed by atoms with Crippen LogP contribution in [0.1, 0.15) is 53.9 Å². The van der Waals surface area contributed by atoms with Crippen molar-refractivity contribution in [2.45, 2.75) is 44.9 Å². The molecule has 36 heavy (non-hydrogen) atoms. The molecule has 0 radical (unpaired) electrons. The maximum atomic E-state index is 12.9. The number of carbonyl (C=O) groups is 2. The Labute approximate surface area is 222 Å². The van der Waals surface area contributed by atoms with Gasteiger partial charge in [0.15, 0.2) is 12.0 Å². The lowest BCUT2D eigenvalue weighted by Gasteiger charge is -2.36. The minimum absolute atomic E-state index is 0.184. The number of amides is 2. The number of Topliss-reactive ketones (excluding diaryl/α,β-unsaturated/α-hetero) is 1. The Kier molecular flexibility index (Phi) is 10.2. The highest BCUT2D eigenvalue weighted by Gasteiger charge is 2.27. The summed E-state index contributed by atoms with van der Waals surface area (Å²) in [6.45, 7) is 3.04. The van der Waals surface area contributed by atoms with E-state index < -0.39 is 12.3 Å². The average Bonchev–Trinajstić information content (AvgIpc) is 2.86. The van der Waals surface area contributed by atoms with E-state index in [-0.39, 0.29) is 22.9 Å². The number of para-hydroxylation sites is 1. The molecule has 10 heteroatoms. The van der Waals surface area contributed by atoms with Gasteiger partial charge in [-0.15, -0.1) is 0 Å². The summed E-state index contributed by atoms with van der Waals surface area (Å²) >= 11 is 13.2. The van der Waals surface area contributed by atoms with Crippen molar-refractivity contribution in [1.29, 1.82) is 0 Å². The molecule has 5 N–H and O–H groups in total. The number of anilines is 1. The average molecular weight is 537 g/mol. The summed E-state index contributed by atoms with van der Waals surface area (Å²) in [4.78, 5) is 27.1. The smallest absolute Gasteiger partial charge is 0.315 e. The third-order valence-corrected chi connectivity index (χ3v) is 7.19. The lowest BCUT2D eigenvalue weighted by Crippen LogP contribution is -2.39. The highest BCUT2D eigenvalue weighted by atomic mass is 35.5. The molecule has 1 aliphatic heterocycles. The zero-order valence-electron chi connectivity index (χ0n) is 21.0. The van der Waals surface area contributed by atoms with Gasteiger partial charge >= 0.3 is 6.03 Å². The molecule has 0 fully saturated rings. The first-order chi connectivity index (χ1) is 17.3. The number of halogens is 2. The summed E-state index contributed by atoms with van der Waals surface area (Å²) in [7, 11) is 3.80. The van der Waals surface area contributed by atoms with Gasteiger partial charge in [0.2, 0.25) is 0 Å². The summed E-state index contributed by atoms with van der Waals surface area (Å²) in [6.07, 6.45) is 2.94. The van der Waals surface area contributed by atoms with E-state index in [1.54, 1.807) is 19.2 Å². The first kappa shape index (κ1) is 28.1. The van der Waals surface area contributed by atoms with Crippen LogP contribution in [0.5, 0.6) is 5.75 Å². The maximum absolute atomic E-state index is 12.9. The van der Waals surface area contributed by atoms with Gasteiger partial charge < -0.3 is 26.0 Å². The molecule has 0 aliphatic carbocycles. The summed E-state index contributed by atoms with van der Waals surface area (Å²) in [5.74, 6) is 0.369. The summed E-state index contributed by atoms with van der Waals surface area (Å²) in [5, 5.41) is 8.94. The van der Waals surface area contributed by atoms with Crippen LogP contribution in [0.15, 0.2) is 30.3 Å². The highest BCUT2D eigenvalue weighted by molar-refractivity contribution is 6.38. The van der Waals surface area contributed by atoms with E-state index >= 15 is 0 Å². The lowest BCUT2D eigenvalue weighted by atomic mass is 9.96. The Bertz CT molecular complexity index is 1080. The molecule has 2 unspecified atom stereocenters. The quantitative estimate of drug-likeness (QED) is 0.194. The van der Waals surface area contributed by atoms with Gasteiger partial charge in [-0.05, 0) is 70.0 Å². The van der Waals surface area contributed by atoms with Gasteiger partial charge in [-0.25, -0.2) is 4.79 Å². The number of nitrogens with one attached hydrogen (secondary N) is 3. The molecule has 0 aromatic heterocycles. The minimum atomic E-state index is -0.700. The molecule has 0 saturated heterocycles. The van der Waals surface area contributed by atoms with Crippen molar-refractivity contribution in [2.24, 2.45) is 5.73 Å². The normalized spacial score (nSPS) is 15.7. The molecule has 0 bridgehead atoms. The fourth-order valence-electron chi connectivity index (χ4n) is 4.25. The third-order valence-electron chi connectivity index (χ3n) is 6.45. The number of hydrogen-bond acceptors (Lipinski definition) is 6.